The highest BCUT2D eigenvalue weighted by molar-refractivity contribution is 5.82. The SMILES string of the molecule is Cn1nc(C(O)C2CCOC2)c2ccccc21. The molecule has 3 rings (SSSR count). The summed E-state index contributed by atoms with van der Waals surface area (Å²) in [5.41, 5.74) is 1.83. The second-order valence-electron chi connectivity index (χ2n) is 4.59. The Hall–Kier alpha value is -1.39. The summed E-state index contributed by atoms with van der Waals surface area (Å²) in [5, 5.41) is 15.9. The van der Waals surface area contributed by atoms with E-state index in [-0.39, 0.29) is 5.92 Å². The molecule has 0 bridgehead atoms. The molecule has 4 nitrogen and oxygen atoms in total. The molecule has 1 fully saturated rings. The van der Waals surface area contributed by atoms with E-state index in [9.17, 15) is 5.11 Å². The van der Waals surface area contributed by atoms with Crippen molar-refractivity contribution >= 4 is 10.9 Å². The molecule has 4 heteroatoms. The molecule has 0 aliphatic carbocycles. The first kappa shape index (κ1) is 10.7. The molecule has 1 aromatic heterocycles. The number of rotatable bonds is 2. The van der Waals surface area contributed by atoms with Crippen LogP contribution in [0.4, 0.5) is 0 Å². The van der Waals surface area contributed by atoms with Crippen molar-refractivity contribution in [1.82, 2.24) is 9.78 Å². The molecule has 1 N–H and O–H groups in total. The summed E-state index contributed by atoms with van der Waals surface area (Å²) in [7, 11) is 1.91. The lowest BCUT2D eigenvalue weighted by Crippen LogP contribution is -2.13. The number of hydrogen-bond donors (Lipinski definition) is 1. The van der Waals surface area contributed by atoms with Gasteiger partial charge in [0, 0.05) is 25.0 Å². The van der Waals surface area contributed by atoms with E-state index >= 15 is 0 Å². The highest BCUT2D eigenvalue weighted by Gasteiger charge is 2.28. The van der Waals surface area contributed by atoms with Crippen LogP contribution in [0.5, 0.6) is 0 Å². The Morgan fingerprint density at radius 2 is 2.29 bits per heavy atom. The summed E-state index contributed by atoms with van der Waals surface area (Å²) >= 11 is 0. The van der Waals surface area contributed by atoms with Crippen LogP contribution in [0.3, 0.4) is 0 Å². The molecule has 17 heavy (non-hydrogen) atoms. The van der Waals surface area contributed by atoms with Crippen LogP contribution in [-0.2, 0) is 11.8 Å². The zero-order valence-electron chi connectivity index (χ0n) is 9.84. The fourth-order valence-corrected chi connectivity index (χ4v) is 2.49. The van der Waals surface area contributed by atoms with Gasteiger partial charge in [0.25, 0.3) is 0 Å². The molecule has 1 aliphatic rings. The first-order chi connectivity index (χ1) is 8.27. The number of aromatic nitrogens is 2. The Balaban J connectivity index is 2.04. The molecule has 1 saturated heterocycles. The number of aryl methyl sites for hydroxylation is 1. The third kappa shape index (κ3) is 1.73. The third-order valence-electron chi connectivity index (χ3n) is 3.48. The highest BCUT2D eigenvalue weighted by Crippen LogP contribution is 2.31. The molecule has 0 amide bonds. The van der Waals surface area contributed by atoms with Gasteiger partial charge in [0.1, 0.15) is 6.10 Å². The summed E-state index contributed by atoms with van der Waals surface area (Å²) in [6, 6.07) is 7.99. The summed E-state index contributed by atoms with van der Waals surface area (Å²) in [5.74, 6) is 0.174. The van der Waals surface area contributed by atoms with Gasteiger partial charge in [-0.05, 0) is 12.5 Å². The number of fused-ring (bicyclic) bond motifs is 1. The van der Waals surface area contributed by atoms with Crippen molar-refractivity contribution < 1.29 is 9.84 Å². The number of nitrogens with zero attached hydrogens (tertiary/aromatic N) is 2. The molecule has 0 spiro atoms. The normalized spacial score (nSPS) is 22.1. The average Bonchev–Trinajstić information content (AvgIpc) is 2.97. The van der Waals surface area contributed by atoms with E-state index in [2.05, 4.69) is 5.10 Å². The monoisotopic (exact) mass is 232 g/mol. The highest BCUT2D eigenvalue weighted by atomic mass is 16.5. The molecule has 0 saturated carbocycles. The van der Waals surface area contributed by atoms with Crippen LogP contribution in [0.25, 0.3) is 10.9 Å². The van der Waals surface area contributed by atoms with Gasteiger partial charge in [-0.3, -0.25) is 4.68 Å². The summed E-state index contributed by atoms with van der Waals surface area (Å²) in [6.07, 6.45) is 0.384. The molecule has 2 atom stereocenters. The van der Waals surface area contributed by atoms with Crippen molar-refractivity contribution in [3.8, 4) is 0 Å². The van der Waals surface area contributed by atoms with Crippen LogP contribution in [0.15, 0.2) is 24.3 Å². The number of aliphatic hydroxyl groups is 1. The Kier molecular flexibility index (Phi) is 2.61. The standard InChI is InChI=1S/C13H16N2O2/c1-15-11-5-3-2-4-10(11)12(14-15)13(16)9-6-7-17-8-9/h2-5,9,13,16H,6-8H2,1H3. The van der Waals surface area contributed by atoms with Crippen LogP contribution in [0.1, 0.15) is 18.2 Å². The molecule has 1 aliphatic heterocycles. The number of para-hydroxylation sites is 1. The molecule has 1 aromatic carbocycles. The summed E-state index contributed by atoms with van der Waals surface area (Å²) < 4.78 is 7.15. The van der Waals surface area contributed by atoms with Crippen LogP contribution in [0, 0.1) is 5.92 Å². The van der Waals surface area contributed by atoms with E-state index in [1.54, 1.807) is 0 Å². The molecule has 2 heterocycles. The van der Waals surface area contributed by atoms with E-state index in [1.807, 2.05) is 36.0 Å². The maximum atomic E-state index is 10.4. The first-order valence-electron chi connectivity index (χ1n) is 5.95. The second kappa shape index (κ2) is 4.13. The van der Waals surface area contributed by atoms with Crippen LogP contribution in [-0.4, -0.2) is 28.1 Å². The minimum absolute atomic E-state index is 0.174. The smallest absolute Gasteiger partial charge is 0.104 e. The van der Waals surface area contributed by atoms with Crippen molar-refractivity contribution in [1.29, 1.82) is 0 Å². The van der Waals surface area contributed by atoms with E-state index < -0.39 is 6.10 Å². The fraction of sp³-hybridized carbons (Fsp3) is 0.462. The molecule has 90 valence electrons. The van der Waals surface area contributed by atoms with E-state index in [1.165, 1.54) is 0 Å². The number of hydrogen-bond acceptors (Lipinski definition) is 3. The van der Waals surface area contributed by atoms with Gasteiger partial charge in [-0.2, -0.15) is 5.10 Å². The van der Waals surface area contributed by atoms with E-state index in [0.29, 0.717) is 6.61 Å². The van der Waals surface area contributed by atoms with Gasteiger partial charge in [-0.15, -0.1) is 0 Å². The Morgan fingerprint density at radius 1 is 1.47 bits per heavy atom. The zero-order valence-corrected chi connectivity index (χ0v) is 9.84. The zero-order chi connectivity index (χ0) is 11.8. The second-order valence-corrected chi connectivity index (χ2v) is 4.59. The van der Waals surface area contributed by atoms with Crippen LogP contribution < -0.4 is 0 Å². The van der Waals surface area contributed by atoms with Gasteiger partial charge in [0.05, 0.1) is 17.8 Å². The minimum atomic E-state index is -0.524. The van der Waals surface area contributed by atoms with Crippen molar-refractivity contribution in [3.63, 3.8) is 0 Å². The Bertz CT molecular complexity index is 529. The maximum Gasteiger partial charge on any atom is 0.104 e. The van der Waals surface area contributed by atoms with Crippen molar-refractivity contribution in [3.05, 3.63) is 30.0 Å². The van der Waals surface area contributed by atoms with Gasteiger partial charge in [-0.1, -0.05) is 18.2 Å². The van der Waals surface area contributed by atoms with Crippen molar-refractivity contribution in [2.75, 3.05) is 13.2 Å². The van der Waals surface area contributed by atoms with Gasteiger partial charge < -0.3 is 9.84 Å². The summed E-state index contributed by atoms with van der Waals surface area (Å²) in [6.45, 7) is 1.37. The average molecular weight is 232 g/mol. The number of aliphatic hydroxyl groups excluding tert-OH is 1. The summed E-state index contributed by atoms with van der Waals surface area (Å²) in [4.78, 5) is 0. The van der Waals surface area contributed by atoms with Gasteiger partial charge in [0.2, 0.25) is 0 Å². The van der Waals surface area contributed by atoms with Crippen LogP contribution >= 0.6 is 0 Å². The molecule has 2 aromatic rings. The van der Waals surface area contributed by atoms with Gasteiger partial charge in [0.15, 0.2) is 0 Å². The van der Waals surface area contributed by atoms with Crippen molar-refractivity contribution in [2.24, 2.45) is 13.0 Å². The quantitative estimate of drug-likeness (QED) is 0.856. The van der Waals surface area contributed by atoms with Crippen molar-refractivity contribution in [2.45, 2.75) is 12.5 Å². The minimum Gasteiger partial charge on any atom is -0.386 e. The molecule has 0 radical (unpaired) electrons. The third-order valence-corrected chi connectivity index (χ3v) is 3.48. The molecular formula is C13H16N2O2. The predicted molar refractivity (Wildman–Crippen MR) is 64.6 cm³/mol. The van der Waals surface area contributed by atoms with Gasteiger partial charge >= 0.3 is 0 Å². The molecule has 2 unspecified atom stereocenters. The Labute approximate surface area is 99.8 Å². The Morgan fingerprint density at radius 3 is 3.06 bits per heavy atom. The van der Waals surface area contributed by atoms with E-state index in [0.717, 1.165) is 29.6 Å². The van der Waals surface area contributed by atoms with E-state index in [4.69, 9.17) is 4.74 Å². The first-order valence-corrected chi connectivity index (χ1v) is 5.95. The van der Waals surface area contributed by atoms with Gasteiger partial charge in [-0.25, -0.2) is 0 Å². The largest absolute Gasteiger partial charge is 0.386 e. The van der Waals surface area contributed by atoms with Crippen LogP contribution in [0.2, 0.25) is 0 Å². The lowest BCUT2D eigenvalue weighted by atomic mass is 9.97. The number of ether oxygens (including phenoxy) is 1. The fourth-order valence-electron chi connectivity index (χ4n) is 2.49. The number of benzene rings is 1. The molecular weight excluding hydrogens is 216 g/mol. The lowest BCUT2D eigenvalue weighted by Gasteiger charge is -2.14. The maximum absolute atomic E-state index is 10.4. The topological polar surface area (TPSA) is 47.3 Å². The predicted octanol–water partition coefficient (Wildman–Crippen LogP) is 1.64. The lowest BCUT2D eigenvalue weighted by molar-refractivity contribution is 0.0891.